The number of hydrogen-bond donors (Lipinski definition) is 0. The van der Waals surface area contributed by atoms with E-state index in [1.54, 1.807) is 12.1 Å². The fourth-order valence-electron chi connectivity index (χ4n) is 4.46. The molecule has 2 atom stereocenters. The van der Waals surface area contributed by atoms with Crippen LogP contribution in [0.15, 0.2) is 54.6 Å². The van der Waals surface area contributed by atoms with Gasteiger partial charge < -0.3 is 0 Å². The van der Waals surface area contributed by atoms with Gasteiger partial charge in [0.05, 0.1) is 11.1 Å². The van der Waals surface area contributed by atoms with Gasteiger partial charge in [0.1, 0.15) is 0 Å². The SMILES string of the molecule is O=[N+]([O-])c1ccc(C2N(Cc3ccccc3)CCC3CCCCN32)cc1. The number of fused-ring (bicyclic) bond motifs is 1. The predicted molar refractivity (Wildman–Crippen MR) is 102 cm³/mol. The van der Waals surface area contributed by atoms with Crippen LogP contribution in [-0.4, -0.2) is 33.9 Å². The Kier molecular flexibility index (Phi) is 5.00. The fraction of sp³-hybridized carbons (Fsp3) is 0.429. The molecule has 0 bridgehead atoms. The van der Waals surface area contributed by atoms with Crippen molar-refractivity contribution < 1.29 is 4.92 Å². The lowest BCUT2D eigenvalue weighted by Gasteiger charge is -2.50. The van der Waals surface area contributed by atoms with Crippen molar-refractivity contribution in [1.82, 2.24) is 9.80 Å². The Morgan fingerprint density at radius 2 is 1.73 bits per heavy atom. The zero-order valence-electron chi connectivity index (χ0n) is 15.0. The second kappa shape index (κ2) is 7.56. The molecule has 2 aliphatic heterocycles. The van der Waals surface area contributed by atoms with Crippen LogP contribution in [0.25, 0.3) is 0 Å². The molecule has 2 saturated heterocycles. The molecule has 0 saturated carbocycles. The molecule has 0 aromatic heterocycles. The van der Waals surface area contributed by atoms with Gasteiger partial charge >= 0.3 is 0 Å². The first-order valence-electron chi connectivity index (χ1n) is 9.50. The molecule has 0 spiro atoms. The van der Waals surface area contributed by atoms with Crippen molar-refractivity contribution in [2.45, 2.75) is 44.4 Å². The third-order valence-electron chi connectivity index (χ3n) is 5.71. The maximum absolute atomic E-state index is 11.0. The van der Waals surface area contributed by atoms with Crippen LogP contribution >= 0.6 is 0 Å². The molecule has 2 aromatic rings. The molecule has 2 aliphatic rings. The summed E-state index contributed by atoms with van der Waals surface area (Å²) in [4.78, 5) is 15.8. The lowest BCUT2D eigenvalue weighted by Crippen LogP contribution is -2.54. The molecular weight excluding hydrogens is 326 g/mol. The normalized spacial score (nSPS) is 24.2. The number of rotatable bonds is 4. The first-order chi connectivity index (χ1) is 12.7. The van der Waals surface area contributed by atoms with Crippen molar-refractivity contribution in [3.8, 4) is 0 Å². The Morgan fingerprint density at radius 1 is 0.962 bits per heavy atom. The molecule has 0 radical (unpaired) electrons. The highest BCUT2D eigenvalue weighted by atomic mass is 16.6. The largest absolute Gasteiger partial charge is 0.281 e. The number of hydrogen-bond acceptors (Lipinski definition) is 4. The van der Waals surface area contributed by atoms with Crippen LogP contribution < -0.4 is 0 Å². The molecule has 136 valence electrons. The molecule has 0 N–H and O–H groups in total. The average molecular weight is 351 g/mol. The molecule has 2 fully saturated rings. The van der Waals surface area contributed by atoms with Crippen LogP contribution in [0.2, 0.25) is 0 Å². The Labute approximate surface area is 154 Å². The lowest BCUT2D eigenvalue weighted by molar-refractivity contribution is -0.384. The minimum absolute atomic E-state index is 0.161. The molecule has 0 amide bonds. The van der Waals surface area contributed by atoms with E-state index in [1.807, 2.05) is 18.2 Å². The van der Waals surface area contributed by atoms with E-state index in [9.17, 15) is 10.1 Å². The van der Waals surface area contributed by atoms with Gasteiger partial charge in [0.25, 0.3) is 5.69 Å². The zero-order valence-corrected chi connectivity index (χ0v) is 15.0. The van der Waals surface area contributed by atoms with Gasteiger partial charge in [-0.2, -0.15) is 0 Å². The molecular formula is C21H25N3O2. The van der Waals surface area contributed by atoms with E-state index in [-0.39, 0.29) is 16.8 Å². The third-order valence-corrected chi connectivity index (χ3v) is 5.71. The fourth-order valence-corrected chi connectivity index (χ4v) is 4.46. The maximum Gasteiger partial charge on any atom is 0.269 e. The summed E-state index contributed by atoms with van der Waals surface area (Å²) in [7, 11) is 0. The van der Waals surface area contributed by atoms with Crippen molar-refractivity contribution >= 4 is 5.69 Å². The second-order valence-electron chi connectivity index (χ2n) is 7.35. The summed E-state index contributed by atoms with van der Waals surface area (Å²) < 4.78 is 0. The molecule has 4 rings (SSSR count). The van der Waals surface area contributed by atoms with Crippen molar-refractivity contribution in [3.05, 3.63) is 75.8 Å². The van der Waals surface area contributed by atoms with Crippen LogP contribution in [-0.2, 0) is 6.54 Å². The highest BCUT2D eigenvalue weighted by Crippen LogP contribution is 2.38. The highest BCUT2D eigenvalue weighted by molar-refractivity contribution is 5.34. The van der Waals surface area contributed by atoms with Gasteiger partial charge in [-0.25, -0.2) is 0 Å². The van der Waals surface area contributed by atoms with Gasteiger partial charge in [0, 0.05) is 37.8 Å². The van der Waals surface area contributed by atoms with Crippen molar-refractivity contribution in [2.24, 2.45) is 0 Å². The highest BCUT2D eigenvalue weighted by Gasteiger charge is 2.37. The summed E-state index contributed by atoms with van der Waals surface area (Å²) in [6.45, 7) is 3.08. The molecule has 5 heteroatoms. The van der Waals surface area contributed by atoms with E-state index in [2.05, 4.69) is 34.1 Å². The third kappa shape index (κ3) is 3.50. The number of benzene rings is 2. The summed E-state index contributed by atoms with van der Waals surface area (Å²) in [6, 6.07) is 18.4. The molecule has 2 aromatic carbocycles. The first kappa shape index (κ1) is 17.2. The topological polar surface area (TPSA) is 49.6 Å². The maximum atomic E-state index is 11.0. The lowest BCUT2D eigenvalue weighted by atomic mass is 9.93. The molecule has 2 unspecified atom stereocenters. The second-order valence-corrected chi connectivity index (χ2v) is 7.35. The quantitative estimate of drug-likeness (QED) is 0.607. The zero-order chi connectivity index (χ0) is 17.9. The van der Waals surface area contributed by atoms with E-state index in [4.69, 9.17) is 0 Å². The Morgan fingerprint density at radius 3 is 2.46 bits per heavy atom. The summed E-state index contributed by atoms with van der Waals surface area (Å²) in [5, 5.41) is 11.0. The van der Waals surface area contributed by atoms with Gasteiger partial charge in [0.15, 0.2) is 0 Å². The van der Waals surface area contributed by atoms with E-state index >= 15 is 0 Å². The minimum atomic E-state index is -0.323. The number of non-ortho nitro benzene ring substituents is 1. The van der Waals surface area contributed by atoms with Crippen LogP contribution in [0, 0.1) is 10.1 Å². The van der Waals surface area contributed by atoms with Crippen LogP contribution in [0.5, 0.6) is 0 Å². The summed E-state index contributed by atoms with van der Waals surface area (Å²) in [5.41, 5.74) is 2.64. The van der Waals surface area contributed by atoms with E-state index in [1.165, 1.54) is 31.2 Å². The van der Waals surface area contributed by atoms with Gasteiger partial charge in [-0.15, -0.1) is 0 Å². The van der Waals surface area contributed by atoms with Gasteiger partial charge in [-0.05, 0) is 42.5 Å². The van der Waals surface area contributed by atoms with Gasteiger partial charge in [-0.1, -0.05) is 36.8 Å². The average Bonchev–Trinajstić information content (AvgIpc) is 2.69. The van der Waals surface area contributed by atoms with Gasteiger partial charge in [-0.3, -0.25) is 19.9 Å². The van der Waals surface area contributed by atoms with Crippen LogP contribution in [0.1, 0.15) is 43.0 Å². The Bertz CT molecular complexity index is 748. The van der Waals surface area contributed by atoms with E-state index in [0.717, 1.165) is 25.2 Å². The molecule has 5 nitrogen and oxygen atoms in total. The number of piperidine rings is 1. The Balaban J connectivity index is 1.64. The van der Waals surface area contributed by atoms with Gasteiger partial charge in [0.2, 0.25) is 0 Å². The predicted octanol–water partition coefficient (Wildman–Crippen LogP) is 4.35. The molecule has 0 aliphatic carbocycles. The standard InChI is InChI=1S/C21H25N3O2/c25-24(26)20-11-9-18(10-12-20)21-22(16-17-6-2-1-3-7-17)15-13-19-8-4-5-14-23(19)21/h1-3,6-7,9-12,19,21H,4-5,8,13-16H2. The Hall–Kier alpha value is -2.24. The molecule has 2 heterocycles. The summed E-state index contributed by atoms with van der Waals surface area (Å²) in [6.07, 6.45) is 5.22. The van der Waals surface area contributed by atoms with Crippen molar-refractivity contribution in [2.75, 3.05) is 13.1 Å². The number of nitrogens with zero attached hydrogens (tertiary/aromatic N) is 3. The minimum Gasteiger partial charge on any atom is -0.281 e. The molecule has 26 heavy (non-hydrogen) atoms. The summed E-state index contributed by atoms with van der Waals surface area (Å²) in [5.74, 6) is 0. The number of nitro groups is 1. The van der Waals surface area contributed by atoms with Crippen LogP contribution in [0.3, 0.4) is 0 Å². The smallest absolute Gasteiger partial charge is 0.269 e. The first-order valence-corrected chi connectivity index (χ1v) is 9.50. The number of nitro benzene ring substituents is 1. The summed E-state index contributed by atoms with van der Waals surface area (Å²) >= 11 is 0. The van der Waals surface area contributed by atoms with Crippen molar-refractivity contribution in [3.63, 3.8) is 0 Å². The van der Waals surface area contributed by atoms with Crippen LogP contribution in [0.4, 0.5) is 5.69 Å². The van der Waals surface area contributed by atoms with Crippen molar-refractivity contribution in [1.29, 1.82) is 0 Å². The monoisotopic (exact) mass is 351 g/mol. The van der Waals surface area contributed by atoms with E-state index < -0.39 is 0 Å². The van der Waals surface area contributed by atoms with E-state index in [0.29, 0.717) is 6.04 Å².